The Bertz CT molecular complexity index is 561. The molecule has 2 amide bonds. The molecule has 0 rings (SSSR count). The molecule has 3 N–H and O–H groups in total. The number of amides is 2. The van der Waals surface area contributed by atoms with E-state index in [1.807, 2.05) is 20.8 Å². The van der Waals surface area contributed by atoms with E-state index in [9.17, 15) is 9.59 Å². The number of nitrogens with one attached hydrogen (secondary N) is 3. The maximum absolute atomic E-state index is 11.9. The molecule has 0 aromatic heterocycles. The first-order valence-electron chi connectivity index (χ1n) is 14.1. The van der Waals surface area contributed by atoms with Crippen LogP contribution in [0.2, 0.25) is 0 Å². The molecule has 0 saturated carbocycles. The Hall–Kier alpha value is -1.26. The van der Waals surface area contributed by atoms with Crippen LogP contribution in [0.3, 0.4) is 0 Å². The molecule has 0 radical (unpaired) electrons. The van der Waals surface area contributed by atoms with Crippen LogP contribution in [0, 0.1) is 5.41 Å². The fourth-order valence-electron chi connectivity index (χ4n) is 3.17. The SMILES string of the molecule is CC(C)(C)NCCOCCOCCOCCOCCC(=O)NCCCCCCCCNC(=O)C(C)(C)C. The number of hydrogen-bond acceptors (Lipinski definition) is 7. The maximum atomic E-state index is 11.9. The van der Waals surface area contributed by atoms with Crippen molar-refractivity contribution in [1.29, 1.82) is 0 Å². The molecule has 9 nitrogen and oxygen atoms in total. The second-order valence-corrected chi connectivity index (χ2v) is 11.4. The maximum Gasteiger partial charge on any atom is 0.225 e. The number of ether oxygens (including phenoxy) is 4. The monoisotopic (exact) mass is 531 g/mol. The first kappa shape index (κ1) is 35.7. The first-order chi connectivity index (χ1) is 17.5. The Morgan fingerprint density at radius 2 is 0.973 bits per heavy atom. The Morgan fingerprint density at radius 3 is 1.46 bits per heavy atom. The highest BCUT2D eigenvalue weighted by Gasteiger charge is 2.20. The molecule has 0 aliphatic heterocycles. The third-order valence-electron chi connectivity index (χ3n) is 5.38. The number of carbonyl (C=O) groups is 2. The molecular formula is C28H57N3O6. The molecule has 37 heavy (non-hydrogen) atoms. The van der Waals surface area contributed by atoms with Crippen LogP contribution in [0.5, 0.6) is 0 Å². The highest BCUT2D eigenvalue weighted by atomic mass is 16.6. The summed E-state index contributed by atoms with van der Waals surface area (Å²) in [7, 11) is 0. The standard InChI is InChI=1S/C28H57N3O6/c1-27(2,3)26(33)30-15-12-10-8-7-9-11-14-29-25(32)13-17-34-19-21-36-23-24-37-22-20-35-18-16-31-28(4,5)6/h31H,7-24H2,1-6H3,(H,29,32)(H,30,33). The van der Waals surface area contributed by atoms with Gasteiger partial charge in [-0.3, -0.25) is 9.59 Å². The largest absolute Gasteiger partial charge is 0.379 e. The number of hydrogen-bond donors (Lipinski definition) is 3. The molecule has 0 aromatic carbocycles. The number of carbonyl (C=O) groups excluding carboxylic acids is 2. The van der Waals surface area contributed by atoms with Gasteiger partial charge < -0.3 is 34.9 Å². The zero-order valence-corrected chi connectivity index (χ0v) is 24.7. The minimum atomic E-state index is -0.318. The van der Waals surface area contributed by atoms with Crippen molar-refractivity contribution in [3.63, 3.8) is 0 Å². The van der Waals surface area contributed by atoms with Crippen LogP contribution in [0.15, 0.2) is 0 Å². The van der Waals surface area contributed by atoms with Gasteiger partial charge in [0.2, 0.25) is 11.8 Å². The molecule has 0 aliphatic carbocycles. The van der Waals surface area contributed by atoms with E-state index in [0.29, 0.717) is 65.8 Å². The van der Waals surface area contributed by atoms with Gasteiger partial charge in [-0.15, -0.1) is 0 Å². The topological polar surface area (TPSA) is 107 Å². The fourth-order valence-corrected chi connectivity index (χ4v) is 3.17. The van der Waals surface area contributed by atoms with Crippen molar-refractivity contribution >= 4 is 11.8 Å². The van der Waals surface area contributed by atoms with Crippen LogP contribution in [-0.2, 0) is 28.5 Å². The van der Waals surface area contributed by atoms with Crippen molar-refractivity contribution in [3.8, 4) is 0 Å². The Morgan fingerprint density at radius 1 is 0.541 bits per heavy atom. The zero-order chi connectivity index (χ0) is 27.8. The predicted molar refractivity (Wildman–Crippen MR) is 149 cm³/mol. The van der Waals surface area contributed by atoms with Gasteiger partial charge in [0.15, 0.2) is 0 Å². The lowest BCUT2D eigenvalue weighted by molar-refractivity contribution is -0.128. The summed E-state index contributed by atoms with van der Waals surface area (Å²) < 4.78 is 21.9. The summed E-state index contributed by atoms with van der Waals surface area (Å²) in [6, 6.07) is 0. The molecule has 0 spiro atoms. The summed E-state index contributed by atoms with van der Waals surface area (Å²) in [5, 5.41) is 9.29. The van der Waals surface area contributed by atoms with E-state index in [1.54, 1.807) is 0 Å². The van der Waals surface area contributed by atoms with Crippen molar-refractivity contribution in [2.45, 2.75) is 92.0 Å². The summed E-state index contributed by atoms with van der Waals surface area (Å²) in [5.41, 5.74) is -0.204. The van der Waals surface area contributed by atoms with Gasteiger partial charge in [-0.05, 0) is 33.6 Å². The quantitative estimate of drug-likeness (QED) is 0.164. The molecule has 0 aromatic rings. The summed E-state index contributed by atoms with van der Waals surface area (Å²) >= 11 is 0. The average molecular weight is 532 g/mol. The van der Waals surface area contributed by atoms with Gasteiger partial charge in [0.25, 0.3) is 0 Å². The first-order valence-corrected chi connectivity index (χ1v) is 14.1. The van der Waals surface area contributed by atoms with E-state index in [-0.39, 0.29) is 22.8 Å². The molecule has 0 bridgehead atoms. The molecular weight excluding hydrogens is 474 g/mol. The lowest BCUT2D eigenvalue weighted by Gasteiger charge is -2.20. The van der Waals surface area contributed by atoms with Crippen molar-refractivity contribution < 1.29 is 28.5 Å². The third kappa shape index (κ3) is 27.6. The van der Waals surface area contributed by atoms with Gasteiger partial charge in [0.05, 0.1) is 52.9 Å². The highest BCUT2D eigenvalue weighted by Crippen LogP contribution is 2.12. The number of unbranched alkanes of at least 4 members (excludes halogenated alkanes) is 5. The van der Waals surface area contributed by atoms with Gasteiger partial charge in [-0.25, -0.2) is 0 Å². The van der Waals surface area contributed by atoms with E-state index >= 15 is 0 Å². The summed E-state index contributed by atoms with van der Waals surface area (Å²) in [4.78, 5) is 23.6. The van der Waals surface area contributed by atoms with E-state index in [1.165, 1.54) is 0 Å². The van der Waals surface area contributed by atoms with Crippen LogP contribution in [-0.4, -0.2) is 89.8 Å². The van der Waals surface area contributed by atoms with Gasteiger partial charge in [0.1, 0.15) is 0 Å². The highest BCUT2D eigenvalue weighted by molar-refractivity contribution is 5.81. The van der Waals surface area contributed by atoms with Crippen molar-refractivity contribution in [3.05, 3.63) is 0 Å². The third-order valence-corrected chi connectivity index (χ3v) is 5.38. The van der Waals surface area contributed by atoms with Crippen LogP contribution in [0.25, 0.3) is 0 Å². The molecule has 9 heteroatoms. The van der Waals surface area contributed by atoms with E-state index in [2.05, 4.69) is 36.7 Å². The average Bonchev–Trinajstić information content (AvgIpc) is 2.81. The van der Waals surface area contributed by atoms with Gasteiger partial charge >= 0.3 is 0 Å². The Balaban J connectivity index is 3.26. The van der Waals surface area contributed by atoms with E-state index < -0.39 is 0 Å². The van der Waals surface area contributed by atoms with Crippen molar-refractivity contribution in [2.75, 3.05) is 72.5 Å². The molecule has 0 unspecified atom stereocenters. The number of rotatable bonds is 24. The fraction of sp³-hybridized carbons (Fsp3) is 0.929. The minimum Gasteiger partial charge on any atom is -0.379 e. The molecule has 0 fully saturated rings. The van der Waals surface area contributed by atoms with Crippen LogP contribution >= 0.6 is 0 Å². The second-order valence-electron chi connectivity index (χ2n) is 11.4. The molecule has 0 aliphatic rings. The lowest BCUT2D eigenvalue weighted by Crippen LogP contribution is -2.38. The smallest absolute Gasteiger partial charge is 0.225 e. The predicted octanol–water partition coefficient (Wildman–Crippen LogP) is 3.45. The van der Waals surface area contributed by atoms with E-state index in [4.69, 9.17) is 18.9 Å². The minimum absolute atomic E-state index is 0.0281. The van der Waals surface area contributed by atoms with Gasteiger partial charge in [-0.2, -0.15) is 0 Å². The Kier molecular flexibility index (Phi) is 21.9. The summed E-state index contributed by atoms with van der Waals surface area (Å²) in [6.07, 6.45) is 6.91. The van der Waals surface area contributed by atoms with Crippen molar-refractivity contribution in [1.82, 2.24) is 16.0 Å². The molecule has 0 atom stereocenters. The zero-order valence-electron chi connectivity index (χ0n) is 24.7. The van der Waals surface area contributed by atoms with Crippen molar-refractivity contribution in [2.24, 2.45) is 5.41 Å². The Labute approximate surface area is 226 Å². The second kappa shape index (κ2) is 22.7. The lowest BCUT2D eigenvalue weighted by atomic mass is 9.96. The van der Waals surface area contributed by atoms with Gasteiger partial charge in [0, 0.05) is 37.0 Å². The summed E-state index contributed by atoms with van der Waals surface area (Å²) in [5.74, 6) is 0.140. The molecule has 220 valence electrons. The summed E-state index contributed by atoms with van der Waals surface area (Å²) in [6.45, 7) is 18.7. The normalized spacial score (nSPS) is 12.1. The van der Waals surface area contributed by atoms with E-state index in [0.717, 1.165) is 51.6 Å². The molecule has 0 heterocycles. The van der Waals surface area contributed by atoms with Crippen LogP contribution in [0.1, 0.15) is 86.5 Å². The van der Waals surface area contributed by atoms with Crippen LogP contribution in [0.4, 0.5) is 0 Å². The van der Waals surface area contributed by atoms with Gasteiger partial charge in [-0.1, -0.05) is 46.5 Å². The molecule has 0 saturated heterocycles. The van der Waals surface area contributed by atoms with Crippen LogP contribution < -0.4 is 16.0 Å².